The Morgan fingerprint density at radius 2 is 2.04 bits per heavy atom. The second-order valence-corrected chi connectivity index (χ2v) is 6.99. The van der Waals surface area contributed by atoms with Crippen molar-refractivity contribution in [2.24, 2.45) is 0 Å². The number of hydrogen-bond acceptors (Lipinski definition) is 4. The van der Waals surface area contributed by atoms with Crippen LogP contribution >= 0.6 is 27.7 Å². The Bertz CT molecular complexity index is 799. The van der Waals surface area contributed by atoms with Gasteiger partial charge < -0.3 is 5.32 Å². The number of amides is 1. The van der Waals surface area contributed by atoms with Gasteiger partial charge in [-0.1, -0.05) is 33.8 Å². The predicted octanol–water partition coefficient (Wildman–Crippen LogP) is 4.37. The van der Waals surface area contributed by atoms with Crippen molar-refractivity contribution in [1.29, 1.82) is 5.26 Å². The minimum atomic E-state index is -0.129. The number of nitrogens with one attached hydrogen (secondary N) is 1. The third-order valence-electron chi connectivity index (χ3n) is 3.22. The van der Waals surface area contributed by atoms with E-state index in [4.69, 9.17) is 0 Å². The molecule has 1 aromatic carbocycles. The van der Waals surface area contributed by atoms with Crippen molar-refractivity contribution in [2.75, 3.05) is 11.1 Å². The molecule has 2 aromatic rings. The number of aromatic nitrogens is 1. The Labute approximate surface area is 148 Å². The average Bonchev–Trinajstić information content (AvgIpc) is 2.48. The smallest absolute Gasteiger partial charge is 0.234 e. The Morgan fingerprint density at radius 1 is 1.30 bits per heavy atom. The molecule has 0 saturated heterocycles. The van der Waals surface area contributed by atoms with Crippen LogP contribution in [0.25, 0.3) is 0 Å². The van der Waals surface area contributed by atoms with Gasteiger partial charge in [0.05, 0.1) is 11.3 Å². The summed E-state index contributed by atoms with van der Waals surface area (Å²) in [5.74, 6) is 0.0754. The first-order valence-corrected chi connectivity index (χ1v) is 8.75. The highest BCUT2D eigenvalue weighted by Crippen LogP contribution is 2.24. The zero-order chi connectivity index (χ0) is 17.0. The van der Waals surface area contributed by atoms with Crippen molar-refractivity contribution in [3.63, 3.8) is 0 Å². The van der Waals surface area contributed by atoms with Gasteiger partial charge in [-0.25, -0.2) is 4.98 Å². The molecular weight excluding hydrogens is 374 g/mol. The first-order chi connectivity index (χ1) is 10.9. The van der Waals surface area contributed by atoms with E-state index in [1.54, 1.807) is 0 Å². The summed E-state index contributed by atoms with van der Waals surface area (Å²) in [5, 5.41) is 12.7. The lowest BCUT2D eigenvalue weighted by Crippen LogP contribution is -2.14. The molecule has 118 valence electrons. The monoisotopic (exact) mass is 389 g/mol. The molecule has 0 saturated carbocycles. The Morgan fingerprint density at radius 3 is 2.70 bits per heavy atom. The summed E-state index contributed by atoms with van der Waals surface area (Å²) >= 11 is 4.72. The van der Waals surface area contributed by atoms with Crippen LogP contribution in [0.3, 0.4) is 0 Å². The number of nitriles is 1. The molecule has 4 nitrogen and oxygen atoms in total. The molecule has 0 aliphatic heterocycles. The minimum Gasteiger partial charge on any atom is -0.325 e. The quantitative estimate of drug-likeness (QED) is 0.788. The number of carbonyl (C=O) groups is 1. The van der Waals surface area contributed by atoms with Gasteiger partial charge in [0.25, 0.3) is 0 Å². The van der Waals surface area contributed by atoms with Crippen molar-refractivity contribution in [1.82, 2.24) is 4.98 Å². The molecule has 1 amide bonds. The number of hydrogen-bond donors (Lipinski definition) is 1. The molecule has 6 heteroatoms. The van der Waals surface area contributed by atoms with E-state index in [0.29, 0.717) is 10.6 Å². The largest absolute Gasteiger partial charge is 0.325 e. The van der Waals surface area contributed by atoms with Crippen molar-refractivity contribution < 1.29 is 4.79 Å². The number of aryl methyl sites for hydroxylation is 3. The summed E-state index contributed by atoms with van der Waals surface area (Å²) in [4.78, 5) is 16.5. The van der Waals surface area contributed by atoms with Gasteiger partial charge >= 0.3 is 0 Å². The number of thioether (sulfide) groups is 1. The molecule has 0 aliphatic rings. The zero-order valence-corrected chi connectivity index (χ0v) is 15.5. The molecule has 23 heavy (non-hydrogen) atoms. The van der Waals surface area contributed by atoms with Crippen molar-refractivity contribution in [3.8, 4) is 6.07 Å². The van der Waals surface area contributed by atoms with E-state index in [1.807, 2.05) is 45.0 Å². The van der Waals surface area contributed by atoms with Crippen molar-refractivity contribution in [3.05, 3.63) is 51.1 Å². The van der Waals surface area contributed by atoms with Crippen LogP contribution in [0.5, 0.6) is 0 Å². The minimum absolute atomic E-state index is 0.129. The van der Waals surface area contributed by atoms with Gasteiger partial charge in [0.15, 0.2) is 0 Å². The Hall–Kier alpha value is -1.84. The fourth-order valence-electron chi connectivity index (χ4n) is 2.04. The summed E-state index contributed by atoms with van der Waals surface area (Å²) in [6.45, 7) is 5.74. The number of pyridine rings is 1. The first-order valence-electron chi connectivity index (χ1n) is 6.98. The van der Waals surface area contributed by atoms with E-state index in [-0.39, 0.29) is 11.7 Å². The van der Waals surface area contributed by atoms with Crippen LogP contribution in [0, 0.1) is 32.1 Å². The lowest BCUT2D eigenvalue weighted by atomic mass is 10.1. The van der Waals surface area contributed by atoms with Crippen molar-refractivity contribution in [2.45, 2.75) is 25.8 Å². The maximum atomic E-state index is 12.1. The second kappa shape index (κ2) is 7.62. The highest BCUT2D eigenvalue weighted by molar-refractivity contribution is 9.10. The number of benzene rings is 1. The predicted molar refractivity (Wildman–Crippen MR) is 96.7 cm³/mol. The van der Waals surface area contributed by atoms with Crippen LogP contribution in [-0.2, 0) is 4.79 Å². The number of halogens is 1. The summed E-state index contributed by atoms with van der Waals surface area (Å²) in [6, 6.07) is 9.69. The van der Waals surface area contributed by atoms with E-state index in [2.05, 4.69) is 32.3 Å². The van der Waals surface area contributed by atoms with Crippen LogP contribution in [0.15, 0.2) is 33.8 Å². The molecule has 0 spiro atoms. The molecule has 2 rings (SSSR count). The van der Waals surface area contributed by atoms with Crippen LogP contribution in [0.2, 0.25) is 0 Å². The highest BCUT2D eigenvalue weighted by Gasteiger charge is 2.12. The maximum Gasteiger partial charge on any atom is 0.234 e. The van der Waals surface area contributed by atoms with Gasteiger partial charge in [0.1, 0.15) is 11.1 Å². The van der Waals surface area contributed by atoms with Gasteiger partial charge in [-0.05, 0) is 50.1 Å². The second-order valence-electron chi connectivity index (χ2n) is 5.17. The maximum absolute atomic E-state index is 12.1. The molecule has 1 heterocycles. The van der Waals surface area contributed by atoms with Crippen molar-refractivity contribution >= 4 is 39.3 Å². The molecule has 0 fully saturated rings. The fourth-order valence-corrected chi connectivity index (χ4v) is 3.32. The zero-order valence-electron chi connectivity index (χ0n) is 13.1. The molecule has 0 radical (unpaired) electrons. The lowest BCUT2D eigenvalue weighted by Gasteiger charge is -2.09. The third-order valence-corrected chi connectivity index (χ3v) is 5.05. The number of anilines is 1. The molecule has 1 N–H and O–H groups in total. The van der Waals surface area contributed by atoms with E-state index < -0.39 is 0 Å². The molecule has 0 bridgehead atoms. The lowest BCUT2D eigenvalue weighted by molar-refractivity contribution is -0.113. The molecule has 1 aromatic heterocycles. The van der Waals surface area contributed by atoms with Crippen LogP contribution in [-0.4, -0.2) is 16.6 Å². The summed E-state index contributed by atoms with van der Waals surface area (Å²) in [7, 11) is 0. The molecule has 0 unspecified atom stereocenters. The molecular formula is C17H16BrN3OS. The molecule has 0 aliphatic carbocycles. The number of carbonyl (C=O) groups excluding carboxylic acids is 1. The van der Waals surface area contributed by atoms with E-state index in [1.165, 1.54) is 11.8 Å². The van der Waals surface area contributed by atoms with E-state index >= 15 is 0 Å². The van der Waals surface area contributed by atoms with Gasteiger partial charge in [-0.3, -0.25) is 4.79 Å². The van der Waals surface area contributed by atoms with Crippen LogP contribution in [0.4, 0.5) is 5.69 Å². The van der Waals surface area contributed by atoms with E-state index in [0.717, 1.165) is 27.0 Å². The summed E-state index contributed by atoms with van der Waals surface area (Å²) in [6.07, 6.45) is 0. The Balaban J connectivity index is 2.05. The van der Waals surface area contributed by atoms with Gasteiger partial charge in [0, 0.05) is 15.9 Å². The van der Waals surface area contributed by atoms with Gasteiger partial charge in [-0.2, -0.15) is 5.26 Å². The standard InChI is InChI=1S/C17H16BrN3OS/c1-10-4-5-13(7-15(10)18)21-16(22)9-23-17-14(8-19)11(2)6-12(3)20-17/h4-7H,9H2,1-3H3,(H,21,22). The van der Waals surface area contributed by atoms with E-state index in [9.17, 15) is 10.1 Å². The SMILES string of the molecule is Cc1cc(C)c(C#N)c(SCC(=O)Nc2ccc(C)c(Br)c2)n1. The third kappa shape index (κ3) is 4.57. The van der Waals surface area contributed by atoms with Gasteiger partial charge in [-0.15, -0.1) is 0 Å². The summed E-state index contributed by atoms with van der Waals surface area (Å²) in [5.41, 5.74) is 4.10. The molecule has 0 atom stereocenters. The van der Waals surface area contributed by atoms with Gasteiger partial charge in [0.2, 0.25) is 5.91 Å². The topological polar surface area (TPSA) is 65.8 Å². The number of rotatable bonds is 4. The average molecular weight is 390 g/mol. The van der Waals surface area contributed by atoms with Crippen LogP contribution < -0.4 is 5.32 Å². The number of nitrogens with zero attached hydrogens (tertiary/aromatic N) is 2. The normalized spacial score (nSPS) is 10.2. The van der Waals surface area contributed by atoms with Crippen LogP contribution in [0.1, 0.15) is 22.4 Å². The highest BCUT2D eigenvalue weighted by atomic mass is 79.9. The fraction of sp³-hybridized carbons (Fsp3) is 0.235. The summed E-state index contributed by atoms with van der Waals surface area (Å²) < 4.78 is 0.950. The first kappa shape index (κ1) is 17.5. The Kier molecular flexibility index (Phi) is 5.80.